The fourth-order valence-corrected chi connectivity index (χ4v) is 3.12. The maximum absolute atomic E-state index is 12.4. The van der Waals surface area contributed by atoms with E-state index in [1.54, 1.807) is 36.4 Å². The van der Waals surface area contributed by atoms with Crippen molar-refractivity contribution in [2.24, 2.45) is 0 Å². The van der Waals surface area contributed by atoms with E-state index in [4.69, 9.17) is 4.42 Å². The molecule has 134 valence electrons. The second-order valence-electron chi connectivity index (χ2n) is 5.92. The van der Waals surface area contributed by atoms with Gasteiger partial charge < -0.3 is 15.1 Å². The Bertz CT molecular complexity index is 915. The van der Waals surface area contributed by atoms with E-state index in [2.05, 4.69) is 36.8 Å². The van der Waals surface area contributed by atoms with E-state index < -0.39 is 0 Å². The third kappa shape index (κ3) is 3.85. The Kier molecular flexibility index (Phi) is 5.22. The number of anilines is 2. The lowest BCUT2D eigenvalue weighted by Crippen LogP contribution is -2.13. The van der Waals surface area contributed by atoms with Crippen molar-refractivity contribution in [3.63, 3.8) is 0 Å². The number of halogens is 1. The number of furan rings is 1. The molecule has 26 heavy (non-hydrogen) atoms. The molecule has 0 aliphatic carbocycles. The molecule has 2 amide bonds. The molecule has 7 nitrogen and oxygen atoms in total. The van der Waals surface area contributed by atoms with Gasteiger partial charge in [0.15, 0.2) is 11.5 Å². The number of hydrogen-bond acceptors (Lipinski definition) is 4. The zero-order valence-electron chi connectivity index (χ0n) is 14.2. The van der Waals surface area contributed by atoms with Crippen molar-refractivity contribution in [1.82, 2.24) is 10.2 Å². The van der Waals surface area contributed by atoms with E-state index in [-0.39, 0.29) is 23.5 Å². The summed E-state index contributed by atoms with van der Waals surface area (Å²) < 4.78 is 5.70. The van der Waals surface area contributed by atoms with Crippen LogP contribution in [0.25, 0.3) is 0 Å². The first kappa shape index (κ1) is 17.9. The first-order chi connectivity index (χ1) is 12.5. The highest BCUT2D eigenvalue weighted by Crippen LogP contribution is 2.26. The summed E-state index contributed by atoms with van der Waals surface area (Å²) in [5.74, 6) is -0.219. The van der Waals surface area contributed by atoms with E-state index in [0.717, 1.165) is 5.69 Å². The Morgan fingerprint density at radius 1 is 1.08 bits per heavy atom. The van der Waals surface area contributed by atoms with Gasteiger partial charge in [-0.2, -0.15) is 5.10 Å². The molecule has 3 rings (SSSR count). The van der Waals surface area contributed by atoms with Crippen LogP contribution in [0, 0.1) is 0 Å². The van der Waals surface area contributed by atoms with Crippen LogP contribution in [0.5, 0.6) is 0 Å². The number of hydrogen-bond donors (Lipinski definition) is 3. The van der Waals surface area contributed by atoms with Crippen molar-refractivity contribution in [2.75, 3.05) is 10.6 Å². The first-order valence-electron chi connectivity index (χ1n) is 7.95. The molecule has 0 unspecified atom stereocenters. The van der Waals surface area contributed by atoms with Gasteiger partial charge in [0.2, 0.25) is 0 Å². The van der Waals surface area contributed by atoms with E-state index in [1.807, 2.05) is 13.8 Å². The molecular weight excluding hydrogens is 400 g/mol. The Hall–Kier alpha value is -2.87. The molecule has 0 fully saturated rings. The predicted octanol–water partition coefficient (Wildman–Crippen LogP) is 4.39. The normalized spacial score (nSPS) is 10.8. The maximum atomic E-state index is 12.4. The molecule has 1 aromatic carbocycles. The largest absolute Gasteiger partial charge is 0.459 e. The molecule has 0 saturated heterocycles. The molecule has 0 bridgehead atoms. The molecule has 3 aromatic rings. The van der Waals surface area contributed by atoms with E-state index in [1.165, 1.54) is 6.26 Å². The van der Waals surface area contributed by atoms with Crippen LogP contribution >= 0.6 is 15.9 Å². The maximum Gasteiger partial charge on any atom is 0.291 e. The van der Waals surface area contributed by atoms with Crippen LogP contribution in [0.3, 0.4) is 0 Å². The fraction of sp³-hybridized carbons (Fsp3) is 0.167. The van der Waals surface area contributed by atoms with Crippen LogP contribution in [0.4, 0.5) is 11.4 Å². The third-order valence-corrected chi connectivity index (χ3v) is 4.47. The quantitative estimate of drug-likeness (QED) is 0.573. The van der Waals surface area contributed by atoms with Gasteiger partial charge >= 0.3 is 0 Å². The molecule has 0 saturated carbocycles. The molecule has 3 N–H and O–H groups in total. The van der Waals surface area contributed by atoms with Gasteiger partial charge in [0.25, 0.3) is 11.8 Å². The second kappa shape index (κ2) is 7.57. The molecular formula is C18H17BrN4O3. The number of H-pyrrole nitrogens is 1. The summed E-state index contributed by atoms with van der Waals surface area (Å²) in [7, 11) is 0. The molecule has 0 aliphatic rings. The summed E-state index contributed by atoms with van der Waals surface area (Å²) >= 11 is 3.41. The lowest BCUT2D eigenvalue weighted by atomic mass is 10.1. The second-order valence-corrected chi connectivity index (χ2v) is 6.71. The van der Waals surface area contributed by atoms with Crippen molar-refractivity contribution in [3.05, 3.63) is 64.3 Å². The summed E-state index contributed by atoms with van der Waals surface area (Å²) in [5.41, 5.74) is 2.34. The minimum absolute atomic E-state index is 0.218. The number of aromatic nitrogens is 2. The number of benzene rings is 1. The van der Waals surface area contributed by atoms with Gasteiger partial charge in [-0.15, -0.1) is 0 Å². The van der Waals surface area contributed by atoms with Crippen LogP contribution < -0.4 is 10.6 Å². The highest BCUT2D eigenvalue weighted by Gasteiger charge is 2.19. The number of rotatable bonds is 5. The Labute approximate surface area is 158 Å². The average Bonchev–Trinajstić information content (AvgIpc) is 3.26. The standard InChI is InChI=1S/C18H17BrN4O3/c1-10(2)15-14(19)16(23-22-15)18(25)21-12-7-5-11(6-8-12)20-17(24)13-4-3-9-26-13/h3-10H,1-2H3,(H,20,24)(H,21,25)(H,22,23). The van der Waals surface area contributed by atoms with E-state index in [9.17, 15) is 9.59 Å². The summed E-state index contributed by atoms with van der Waals surface area (Å²) in [5, 5.41) is 12.4. The van der Waals surface area contributed by atoms with Gasteiger partial charge in [-0.1, -0.05) is 13.8 Å². The molecule has 8 heteroatoms. The smallest absolute Gasteiger partial charge is 0.291 e. The van der Waals surface area contributed by atoms with Crippen LogP contribution in [0.15, 0.2) is 51.6 Å². The number of nitrogens with zero attached hydrogens (tertiary/aromatic N) is 1. The lowest BCUT2D eigenvalue weighted by Gasteiger charge is -2.07. The van der Waals surface area contributed by atoms with Crippen LogP contribution in [0.2, 0.25) is 0 Å². The molecule has 0 aliphatic heterocycles. The number of carbonyl (C=O) groups excluding carboxylic acids is 2. The third-order valence-electron chi connectivity index (χ3n) is 3.67. The first-order valence-corrected chi connectivity index (χ1v) is 8.75. The van der Waals surface area contributed by atoms with Gasteiger partial charge in [0.1, 0.15) is 0 Å². The van der Waals surface area contributed by atoms with Gasteiger partial charge in [-0.05, 0) is 58.2 Å². The van der Waals surface area contributed by atoms with E-state index >= 15 is 0 Å². The Morgan fingerprint density at radius 2 is 1.69 bits per heavy atom. The Morgan fingerprint density at radius 3 is 2.19 bits per heavy atom. The molecule has 2 aromatic heterocycles. The predicted molar refractivity (Wildman–Crippen MR) is 101 cm³/mol. The highest BCUT2D eigenvalue weighted by molar-refractivity contribution is 9.10. The molecule has 0 spiro atoms. The minimum atomic E-state index is -0.339. The zero-order chi connectivity index (χ0) is 18.7. The number of carbonyl (C=O) groups is 2. The summed E-state index contributed by atoms with van der Waals surface area (Å²) in [6, 6.07) is 9.99. The topological polar surface area (TPSA) is 100 Å². The van der Waals surface area contributed by atoms with Crippen LogP contribution in [0.1, 0.15) is 46.5 Å². The molecule has 2 heterocycles. The van der Waals surface area contributed by atoms with Gasteiger partial charge in [0.05, 0.1) is 16.4 Å². The average molecular weight is 417 g/mol. The summed E-state index contributed by atoms with van der Waals surface area (Å²) in [6.07, 6.45) is 1.44. The van der Waals surface area contributed by atoms with Crippen molar-refractivity contribution in [2.45, 2.75) is 19.8 Å². The van der Waals surface area contributed by atoms with E-state index in [0.29, 0.717) is 21.5 Å². The SMILES string of the molecule is CC(C)c1[nH]nc(C(=O)Nc2ccc(NC(=O)c3ccco3)cc2)c1Br. The van der Waals surface area contributed by atoms with Crippen molar-refractivity contribution < 1.29 is 14.0 Å². The van der Waals surface area contributed by atoms with Gasteiger partial charge in [-0.25, -0.2) is 0 Å². The number of nitrogens with one attached hydrogen (secondary N) is 3. The van der Waals surface area contributed by atoms with Crippen molar-refractivity contribution in [1.29, 1.82) is 0 Å². The number of amides is 2. The lowest BCUT2D eigenvalue weighted by molar-refractivity contribution is 0.0994. The highest BCUT2D eigenvalue weighted by atomic mass is 79.9. The van der Waals surface area contributed by atoms with Crippen molar-refractivity contribution in [3.8, 4) is 0 Å². The monoisotopic (exact) mass is 416 g/mol. The fourth-order valence-electron chi connectivity index (χ4n) is 2.30. The van der Waals surface area contributed by atoms with Gasteiger partial charge in [0, 0.05) is 11.4 Å². The minimum Gasteiger partial charge on any atom is -0.459 e. The van der Waals surface area contributed by atoms with Crippen LogP contribution in [-0.2, 0) is 0 Å². The van der Waals surface area contributed by atoms with Crippen LogP contribution in [-0.4, -0.2) is 22.0 Å². The van der Waals surface area contributed by atoms with Gasteiger partial charge in [-0.3, -0.25) is 14.7 Å². The number of aromatic amines is 1. The summed E-state index contributed by atoms with van der Waals surface area (Å²) in [6.45, 7) is 4.02. The summed E-state index contributed by atoms with van der Waals surface area (Å²) in [4.78, 5) is 24.3. The Balaban J connectivity index is 1.66. The molecule has 0 radical (unpaired) electrons. The zero-order valence-corrected chi connectivity index (χ0v) is 15.8. The van der Waals surface area contributed by atoms with Crippen molar-refractivity contribution >= 4 is 39.1 Å². The molecule has 0 atom stereocenters.